The number of likely N-dealkylation sites (tertiary alicyclic amines) is 2. The lowest BCUT2D eigenvalue weighted by molar-refractivity contribution is -0.147. The zero-order valence-electron chi connectivity index (χ0n) is 15.3. The largest absolute Gasteiger partial charge is 0.341 e. The molecule has 2 saturated heterocycles. The number of nitrogens with zero attached hydrogens (tertiary/aromatic N) is 2. The van der Waals surface area contributed by atoms with E-state index in [1.807, 2.05) is 36.1 Å². The van der Waals surface area contributed by atoms with Gasteiger partial charge >= 0.3 is 0 Å². The molecule has 1 unspecified atom stereocenters. The zero-order chi connectivity index (χ0) is 17.5. The van der Waals surface area contributed by atoms with Gasteiger partial charge in [-0.15, -0.1) is 0 Å². The molecule has 0 N–H and O–H groups in total. The molecule has 0 aromatic heterocycles. The minimum Gasteiger partial charge on any atom is -0.341 e. The lowest BCUT2D eigenvalue weighted by Crippen LogP contribution is -2.67. The predicted octanol–water partition coefficient (Wildman–Crippen LogP) is 3.21. The maximum Gasteiger partial charge on any atom is 0.254 e. The number of rotatable bonds is 2. The Balaban J connectivity index is 1.76. The molecular weight excluding hydrogens is 300 g/mol. The third-order valence-electron chi connectivity index (χ3n) is 5.51. The number of hydrogen-bond donors (Lipinski definition) is 0. The molecule has 1 aromatic rings. The van der Waals surface area contributed by atoms with Crippen LogP contribution in [0.1, 0.15) is 62.9 Å². The van der Waals surface area contributed by atoms with Crippen molar-refractivity contribution >= 4 is 11.8 Å². The summed E-state index contributed by atoms with van der Waals surface area (Å²) < 4.78 is 0. The van der Waals surface area contributed by atoms with E-state index in [0.717, 1.165) is 32.4 Å². The molecule has 2 amide bonds. The molecule has 2 aliphatic rings. The highest BCUT2D eigenvalue weighted by Crippen LogP contribution is 2.35. The topological polar surface area (TPSA) is 40.6 Å². The van der Waals surface area contributed by atoms with Gasteiger partial charge in [-0.3, -0.25) is 9.59 Å². The standard InChI is InChI=1S/C20H28N2O2/c1-19(2,3)16-9-7-15(8-10-16)17(23)22-14-11-20(22,4)18(24)21-12-5-6-13-21/h7-10H,5-6,11-14H2,1-4H3. The SMILES string of the molecule is CC(C)(C)c1ccc(C(=O)N2CCC2(C)C(=O)N2CCCC2)cc1. The highest BCUT2D eigenvalue weighted by atomic mass is 16.2. The molecule has 130 valence electrons. The van der Waals surface area contributed by atoms with E-state index in [2.05, 4.69) is 20.8 Å². The molecule has 0 radical (unpaired) electrons. The maximum atomic E-state index is 12.9. The fraction of sp³-hybridized carbons (Fsp3) is 0.600. The minimum absolute atomic E-state index is 0.0308. The van der Waals surface area contributed by atoms with Gasteiger partial charge in [-0.05, 0) is 49.3 Å². The van der Waals surface area contributed by atoms with Crippen LogP contribution in [0.15, 0.2) is 24.3 Å². The van der Waals surface area contributed by atoms with Crippen LogP contribution in [-0.4, -0.2) is 46.8 Å². The van der Waals surface area contributed by atoms with E-state index in [9.17, 15) is 9.59 Å². The molecule has 0 bridgehead atoms. The Morgan fingerprint density at radius 3 is 2.04 bits per heavy atom. The number of hydrogen-bond acceptors (Lipinski definition) is 2. The smallest absolute Gasteiger partial charge is 0.254 e. The van der Waals surface area contributed by atoms with Gasteiger partial charge < -0.3 is 9.80 Å². The summed E-state index contributed by atoms with van der Waals surface area (Å²) in [5.74, 6) is 0.0858. The van der Waals surface area contributed by atoms with Gasteiger partial charge in [0.1, 0.15) is 5.54 Å². The fourth-order valence-electron chi connectivity index (χ4n) is 3.64. The molecule has 1 aromatic carbocycles. The van der Waals surface area contributed by atoms with Crippen molar-refractivity contribution in [2.75, 3.05) is 19.6 Å². The van der Waals surface area contributed by atoms with Crippen LogP contribution in [-0.2, 0) is 10.2 Å². The van der Waals surface area contributed by atoms with Gasteiger partial charge in [0.25, 0.3) is 5.91 Å². The number of carbonyl (C=O) groups is 2. The van der Waals surface area contributed by atoms with E-state index in [-0.39, 0.29) is 17.2 Å². The van der Waals surface area contributed by atoms with Crippen LogP contribution in [0.2, 0.25) is 0 Å². The molecule has 1 atom stereocenters. The first-order valence-corrected chi connectivity index (χ1v) is 8.95. The molecule has 2 heterocycles. The Morgan fingerprint density at radius 2 is 1.58 bits per heavy atom. The van der Waals surface area contributed by atoms with Gasteiger partial charge in [0.2, 0.25) is 5.91 Å². The Hall–Kier alpha value is -1.84. The molecule has 4 nitrogen and oxygen atoms in total. The third kappa shape index (κ3) is 2.83. The Labute approximate surface area is 144 Å². The average Bonchev–Trinajstić information content (AvgIpc) is 3.06. The minimum atomic E-state index is -0.663. The van der Waals surface area contributed by atoms with Gasteiger partial charge in [-0.2, -0.15) is 0 Å². The molecular formula is C20H28N2O2. The summed E-state index contributed by atoms with van der Waals surface area (Å²) in [6.45, 7) is 10.7. The lowest BCUT2D eigenvalue weighted by Gasteiger charge is -2.50. The first-order valence-electron chi connectivity index (χ1n) is 8.95. The highest BCUT2D eigenvalue weighted by molar-refractivity contribution is 6.00. The number of amides is 2. The van der Waals surface area contributed by atoms with Gasteiger partial charge in [0, 0.05) is 25.2 Å². The van der Waals surface area contributed by atoms with E-state index in [1.165, 1.54) is 5.56 Å². The molecule has 2 fully saturated rings. The summed E-state index contributed by atoms with van der Waals surface area (Å²) in [7, 11) is 0. The summed E-state index contributed by atoms with van der Waals surface area (Å²) in [6.07, 6.45) is 2.90. The van der Waals surface area contributed by atoms with Crippen LogP contribution >= 0.6 is 0 Å². The van der Waals surface area contributed by atoms with Crippen molar-refractivity contribution in [1.29, 1.82) is 0 Å². The first kappa shape index (κ1) is 17.0. The van der Waals surface area contributed by atoms with Crippen molar-refractivity contribution < 1.29 is 9.59 Å². The van der Waals surface area contributed by atoms with Crippen molar-refractivity contribution in [2.45, 2.75) is 57.9 Å². The molecule has 4 heteroatoms. The van der Waals surface area contributed by atoms with Crippen molar-refractivity contribution in [1.82, 2.24) is 9.80 Å². The summed E-state index contributed by atoms with van der Waals surface area (Å²) in [5, 5.41) is 0. The molecule has 0 spiro atoms. The lowest BCUT2D eigenvalue weighted by atomic mass is 9.83. The molecule has 0 saturated carbocycles. The average molecular weight is 328 g/mol. The van der Waals surface area contributed by atoms with Crippen molar-refractivity contribution in [3.8, 4) is 0 Å². The molecule has 0 aliphatic carbocycles. The Bertz CT molecular complexity index is 639. The molecule has 2 aliphatic heterocycles. The second kappa shape index (κ2) is 5.91. The van der Waals surface area contributed by atoms with Crippen LogP contribution in [0, 0.1) is 0 Å². The summed E-state index contributed by atoms with van der Waals surface area (Å²) in [5.41, 5.74) is 1.28. The molecule has 3 rings (SSSR count). The van der Waals surface area contributed by atoms with Crippen LogP contribution in [0.25, 0.3) is 0 Å². The number of carbonyl (C=O) groups excluding carboxylic acids is 2. The predicted molar refractivity (Wildman–Crippen MR) is 95.0 cm³/mol. The van der Waals surface area contributed by atoms with E-state index in [1.54, 1.807) is 4.90 Å². The van der Waals surface area contributed by atoms with Crippen molar-refractivity contribution in [3.63, 3.8) is 0 Å². The second-order valence-corrected chi connectivity index (χ2v) is 8.31. The van der Waals surface area contributed by atoms with E-state index < -0.39 is 5.54 Å². The van der Waals surface area contributed by atoms with Crippen LogP contribution in [0.4, 0.5) is 0 Å². The second-order valence-electron chi connectivity index (χ2n) is 8.31. The van der Waals surface area contributed by atoms with Crippen molar-refractivity contribution in [2.24, 2.45) is 0 Å². The quantitative estimate of drug-likeness (QED) is 0.836. The van der Waals surface area contributed by atoms with Crippen LogP contribution < -0.4 is 0 Å². The van der Waals surface area contributed by atoms with Crippen LogP contribution in [0.5, 0.6) is 0 Å². The zero-order valence-corrected chi connectivity index (χ0v) is 15.3. The molecule has 24 heavy (non-hydrogen) atoms. The fourth-order valence-corrected chi connectivity index (χ4v) is 3.64. The normalized spacial score (nSPS) is 24.0. The van der Waals surface area contributed by atoms with E-state index in [0.29, 0.717) is 12.1 Å². The van der Waals surface area contributed by atoms with Crippen LogP contribution in [0.3, 0.4) is 0 Å². The van der Waals surface area contributed by atoms with Gasteiger partial charge in [-0.1, -0.05) is 32.9 Å². The highest BCUT2D eigenvalue weighted by Gasteiger charge is 2.51. The van der Waals surface area contributed by atoms with Gasteiger partial charge in [-0.25, -0.2) is 0 Å². The third-order valence-corrected chi connectivity index (χ3v) is 5.51. The van der Waals surface area contributed by atoms with E-state index in [4.69, 9.17) is 0 Å². The van der Waals surface area contributed by atoms with E-state index >= 15 is 0 Å². The number of benzene rings is 1. The van der Waals surface area contributed by atoms with Gasteiger partial charge in [0.15, 0.2) is 0 Å². The first-order chi connectivity index (χ1) is 11.2. The summed E-state index contributed by atoms with van der Waals surface area (Å²) >= 11 is 0. The maximum absolute atomic E-state index is 12.9. The summed E-state index contributed by atoms with van der Waals surface area (Å²) in [6, 6.07) is 7.82. The monoisotopic (exact) mass is 328 g/mol. The Kier molecular flexibility index (Phi) is 4.18. The Morgan fingerprint density at radius 1 is 1.00 bits per heavy atom. The van der Waals surface area contributed by atoms with Gasteiger partial charge in [0.05, 0.1) is 0 Å². The van der Waals surface area contributed by atoms with Crippen molar-refractivity contribution in [3.05, 3.63) is 35.4 Å². The summed E-state index contributed by atoms with van der Waals surface area (Å²) in [4.78, 5) is 29.4.